The summed E-state index contributed by atoms with van der Waals surface area (Å²) in [7, 11) is -2.89. The summed E-state index contributed by atoms with van der Waals surface area (Å²) in [5.41, 5.74) is 0. The predicted octanol–water partition coefficient (Wildman–Crippen LogP) is 5.66. The Morgan fingerprint density at radius 3 is 2.26 bits per heavy atom. The summed E-state index contributed by atoms with van der Waals surface area (Å²) in [5, 5.41) is 1.46. The van der Waals surface area contributed by atoms with Crippen LogP contribution in [0, 0.1) is 5.92 Å². The first-order valence-corrected chi connectivity index (χ1v) is 19.7. The second-order valence-electron chi connectivity index (χ2n) is 10.6. The molecule has 0 unspecified atom stereocenters. The predicted molar refractivity (Wildman–Crippen MR) is 125 cm³/mol. The van der Waals surface area contributed by atoms with Gasteiger partial charge in [0, 0.05) is 0 Å². The van der Waals surface area contributed by atoms with Crippen LogP contribution in [0.1, 0.15) is 40.5 Å². The molecule has 0 aromatic carbocycles. The molecule has 0 saturated carbocycles. The van der Waals surface area contributed by atoms with E-state index in [0.29, 0.717) is 31.7 Å². The van der Waals surface area contributed by atoms with Crippen LogP contribution in [0.25, 0.3) is 0 Å². The zero-order valence-corrected chi connectivity index (χ0v) is 23.5. The number of carbonyl (C=O) groups excluding carboxylic acids is 1. The molecule has 0 spiro atoms. The number of rotatable bonds is 11. The molecule has 1 aliphatic rings. The Balaban J connectivity index is 2.80. The van der Waals surface area contributed by atoms with Crippen LogP contribution in [-0.2, 0) is 9.22 Å². The summed E-state index contributed by atoms with van der Waals surface area (Å²) < 4.78 is 6.62. The molecule has 3 atom stereocenters. The second-order valence-corrected chi connectivity index (χ2v) is 23.9. The van der Waals surface area contributed by atoms with Gasteiger partial charge >= 0.3 is 182 Å². The van der Waals surface area contributed by atoms with E-state index in [9.17, 15) is 4.79 Å². The molecule has 0 aromatic rings. The molecule has 1 heterocycles. The number of carbonyl (C=O) groups is 1. The summed E-state index contributed by atoms with van der Waals surface area (Å²) in [6.45, 7) is 21.7. The van der Waals surface area contributed by atoms with Gasteiger partial charge in [-0.15, -0.1) is 0 Å². The van der Waals surface area contributed by atoms with Crippen molar-refractivity contribution in [1.29, 1.82) is 0 Å². The van der Waals surface area contributed by atoms with Gasteiger partial charge < -0.3 is 0 Å². The summed E-state index contributed by atoms with van der Waals surface area (Å²) in [6, 6.07) is 1.36. The first kappa shape index (κ1) is 25.7. The van der Waals surface area contributed by atoms with Crippen molar-refractivity contribution in [2.45, 2.75) is 101 Å². The zero-order chi connectivity index (χ0) is 21.0. The normalized spacial score (nSPS) is 22.7. The fourth-order valence-corrected chi connectivity index (χ4v) is 12.4. The molecule has 0 N–H and O–H groups in total. The average Bonchev–Trinajstić information content (AvgIpc) is 2.47. The summed E-state index contributed by atoms with van der Waals surface area (Å²) >= 11 is 6.31. The number of hydrogen-bond donors (Lipinski definition) is 0. The molecule has 1 rings (SSSR count). The number of β-lactam (4-membered cyclic amide) rings is 1. The van der Waals surface area contributed by atoms with Gasteiger partial charge in [0.15, 0.2) is 0 Å². The summed E-state index contributed by atoms with van der Waals surface area (Å²) in [4.78, 5) is 15.5. The van der Waals surface area contributed by atoms with Gasteiger partial charge in [-0.1, -0.05) is 0 Å². The summed E-state index contributed by atoms with van der Waals surface area (Å²) in [5.74, 6) is 1.06. The summed E-state index contributed by atoms with van der Waals surface area (Å²) in [6.07, 6.45) is 2.03. The van der Waals surface area contributed by atoms with Gasteiger partial charge in [0.25, 0.3) is 0 Å². The minimum absolute atomic E-state index is 0.0291. The van der Waals surface area contributed by atoms with Crippen molar-refractivity contribution in [3.63, 3.8) is 0 Å². The zero-order valence-electron chi connectivity index (χ0n) is 19.0. The molecule has 160 valence electrons. The van der Waals surface area contributed by atoms with E-state index in [1.54, 1.807) is 0 Å². The van der Waals surface area contributed by atoms with Crippen LogP contribution in [0.2, 0.25) is 49.1 Å². The molecule has 1 amide bonds. The van der Waals surface area contributed by atoms with Crippen molar-refractivity contribution in [1.82, 2.24) is 4.90 Å². The van der Waals surface area contributed by atoms with Crippen molar-refractivity contribution in [2.75, 3.05) is 12.4 Å². The molecule has 0 aliphatic carbocycles. The third-order valence-electron chi connectivity index (χ3n) is 5.90. The minimum atomic E-state index is -1.86. The van der Waals surface area contributed by atoms with Crippen LogP contribution >= 0.6 is 11.6 Å². The van der Waals surface area contributed by atoms with Gasteiger partial charge in [-0.25, -0.2) is 0 Å². The van der Waals surface area contributed by atoms with E-state index in [0.717, 1.165) is 19.4 Å². The number of hydrogen-bond acceptors (Lipinski definition) is 2. The Labute approximate surface area is 181 Å². The fourth-order valence-electron chi connectivity index (χ4n) is 2.99. The first-order chi connectivity index (χ1) is 12.2. The van der Waals surface area contributed by atoms with E-state index in [2.05, 4.69) is 65.3 Å². The Kier molecular flexibility index (Phi) is 9.64. The van der Waals surface area contributed by atoms with Crippen molar-refractivity contribution >= 4 is 48.9 Å². The average molecular weight is 499 g/mol. The van der Waals surface area contributed by atoms with E-state index in [1.165, 1.54) is 11.4 Å². The third kappa shape index (κ3) is 7.45. The number of unbranched alkanes of at least 4 members (excludes halogenated alkanes) is 1. The molecule has 7 heteroatoms. The molecule has 0 bridgehead atoms. The Hall–Kier alpha value is 0.673. The van der Waals surface area contributed by atoms with Crippen LogP contribution in [0.15, 0.2) is 0 Å². The Bertz CT molecular complexity index is 491. The fraction of sp³-hybridized carbons (Fsp3) is 0.950. The van der Waals surface area contributed by atoms with Gasteiger partial charge in [-0.2, -0.15) is 0 Å². The number of amides is 1. The van der Waals surface area contributed by atoms with Crippen molar-refractivity contribution in [3.05, 3.63) is 0 Å². The van der Waals surface area contributed by atoms with Crippen LogP contribution in [0.3, 0.4) is 0 Å². The van der Waals surface area contributed by atoms with Crippen molar-refractivity contribution < 1.29 is 9.22 Å². The van der Waals surface area contributed by atoms with Gasteiger partial charge in [0.1, 0.15) is 0 Å². The number of halogens is 1. The Morgan fingerprint density at radius 2 is 1.78 bits per heavy atom. The molecule has 27 heavy (non-hydrogen) atoms. The van der Waals surface area contributed by atoms with Crippen LogP contribution in [0.4, 0.5) is 0 Å². The van der Waals surface area contributed by atoms with Gasteiger partial charge in [-0.05, 0) is 0 Å². The van der Waals surface area contributed by atoms with Crippen LogP contribution in [0.5, 0.6) is 0 Å². The third-order valence-corrected chi connectivity index (χ3v) is 16.1. The second kappa shape index (κ2) is 10.1. The standard InChI is InChI=1S/C20H42ClNO2SeSi2/c1-16(24-27(8,9)20(2,3)4)17-18(23)22(13-11-10-12-21)19(17)25-14-15-26(5,6)7/h16-17,19H,10-15H2,1-9H3/t16-,17+,19-/m1/s1. The maximum absolute atomic E-state index is 13.0. The molecule has 1 saturated heterocycles. The van der Waals surface area contributed by atoms with Gasteiger partial charge in [-0.3, -0.25) is 0 Å². The van der Waals surface area contributed by atoms with E-state index in [4.69, 9.17) is 16.0 Å². The molecule has 1 fully saturated rings. The van der Waals surface area contributed by atoms with Crippen LogP contribution in [-0.4, -0.2) is 65.6 Å². The van der Waals surface area contributed by atoms with E-state index >= 15 is 0 Å². The molecule has 1 aliphatic heterocycles. The van der Waals surface area contributed by atoms with E-state index < -0.39 is 16.4 Å². The van der Waals surface area contributed by atoms with Crippen LogP contribution < -0.4 is 0 Å². The van der Waals surface area contributed by atoms with Crippen molar-refractivity contribution in [3.8, 4) is 0 Å². The van der Waals surface area contributed by atoms with Gasteiger partial charge in [0.2, 0.25) is 0 Å². The molecule has 0 radical (unpaired) electrons. The number of alkyl halides is 1. The molecular formula is C20H42ClNO2SeSi2. The first-order valence-electron chi connectivity index (χ1n) is 10.4. The molecule has 0 aromatic heterocycles. The van der Waals surface area contributed by atoms with Gasteiger partial charge in [0.05, 0.1) is 0 Å². The molecular weight excluding hydrogens is 457 g/mol. The quantitative estimate of drug-likeness (QED) is 0.159. The number of nitrogens with zero attached hydrogens (tertiary/aromatic N) is 1. The molecule has 3 nitrogen and oxygen atoms in total. The van der Waals surface area contributed by atoms with E-state index in [1.807, 2.05) is 0 Å². The van der Waals surface area contributed by atoms with Crippen molar-refractivity contribution in [2.24, 2.45) is 5.92 Å². The number of likely N-dealkylation sites (tertiary alicyclic amines) is 1. The Morgan fingerprint density at radius 1 is 1.19 bits per heavy atom. The maximum atomic E-state index is 13.0. The topological polar surface area (TPSA) is 29.5 Å². The monoisotopic (exact) mass is 499 g/mol. The van der Waals surface area contributed by atoms with E-state index in [-0.39, 0.29) is 17.1 Å². The SMILES string of the molecule is C[C@@H](O[Si](C)(C)C(C)(C)C)[C@H]1C(=O)N(CCCCCl)[C@@H]1[Se]CC[Si](C)(C)C.